The van der Waals surface area contributed by atoms with Crippen molar-refractivity contribution in [2.24, 2.45) is 11.3 Å². The molecule has 1 aliphatic heterocycles. The Morgan fingerprint density at radius 3 is 2.55 bits per heavy atom. The normalized spacial score (nSPS) is 20.4. The van der Waals surface area contributed by atoms with Crippen molar-refractivity contribution in [2.45, 2.75) is 46.1 Å². The van der Waals surface area contributed by atoms with Crippen molar-refractivity contribution in [1.82, 2.24) is 10.6 Å². The number of hydrogen-bond acceptors (Lipinski definition) is 3. The molecule has 3 N–H and O–H groups in total. The van der Waals surface area contributed by atoms with Crippen molar-refractivity contribution < 1.29 is 19.4 Å². The van der Waals surface area contributed by atoms with Crippen LogP contribution in [0.3, 0.4) is 0 Å². The van der Waals surface area contributed by atoms with Gasteiger partial charge in [-0.2, -0.15) is 0 Å². The molecule has 6 nitrogen and oxygen atoms in total. The summed E-state index contributed by atoms with van der Waals surface area (Å²) in [5, 5.41) is 14.5. The third-order valence-electron chi connectivity index (χ3n) is 3.23. The SMILES string of the molecule is CC(C)(C)CC(CNC(=O)NCC1CCCO1)C(=O)O. The number of carbonyl (C=O) groups excluding carboxylic acids is 1. The van der Waals surface area contributed by atoms with E-state index >= 15 is 0 Å². The number of hydrogen-bond donors (Lipinski definition) is 3. The van der Waals surface area contributed by atoms with Gasteiger partial charge < -0.3 is 20.5 Å². The first-order chi connectivity index (χ1) is 9.28. The van der Waals surface area contributed by atoms with E-state index in [-0.39, 0.29) is 24.1 Å². The zero-order chi connectivity index (χ0) is 15.2. The topological polar surface area (TPSA) is 87.7 Å². The van der Waals surface area contributed by atoms with Crippen LogP contribution < -0.4 is 10.6 Å². The van der Waals surface area contributed by atoms with Gasteiger partial charge in [0, 0.05) is 19.7 Å². The van der Waals surface area contributed by atoms with Crippen molar-refractivity contribution in [3.63, 3.8) is 0 Å². The number of urea groups is 1. The number of nitrogens with one attached hydrogen (secondary N) is 2. The number of amides is 2. The van der Waals surface area contributed by atoms with Gasteiger partial charge in [-0.1, -0.05) is 20.8 Å². The summed E-state index contributed by atoms with van der Waals surface area (Å²) >= 11 is 0. The van der Waals surface area contributed by atoms with Crippen molar-refractivity contribution in [3.05, 3.63) is 0 Å². The Morgan fingerprint density at radius 2 is 2.05 bits per heavy atom. The summed E-state index contributed by atoms with van der Waals surface area (Å²) in [4.78, 5) is 22.8. The molecule has 1 rings (SSSR count). The molecule has 1 saturated heterocycles. The van der Waals surface area contributed by atoms with E-state index in [1.165, 1.54) is 0 Å². The van der Waals surface area contributed by atoms with Crippen LogP contribution in [0.2, 0.25) is 0 Å². The Balaban J connectivity index is 2.27. The van der Waals surface area contributed by atoms with Gasteiger partial charge in [0.05, 0.1) is 12.0 Å². The van der Waals surface area contributed by atoms with Gasteiger partial charge >= 0.3 is 12.0 Å². The Hall–Kier alpha value is -1.30. The number of aliphatic carboxylic acids is 1. The van der Waals surface area contributed by atoms with E-state index in [1.807, 2.05) is 20.8 Å². The van der Waals surface area contributed by atoms with E-state index in [2.05, 4.69) is 10.6 Å². The van der Waals surface area contributed by atoms with E-state index in [0.717, 1.165) is 19.4 Å². The van der Waals surface area contributed by atoms with Crippen LogP contribution in [0.4, 0.5) is 4.79 Å². The molecule has 0 saturated carbocycles. The molecule has 20 heavy (non-hydrogen) atoms. The Morgan fingerprint density at radius 1 is 1.35 bits per heavy atom. The van der Waals surface area contributed by atoms with Crippen LogP contribution >= 0.6 is 0 Å². The number of carboxylic acid groups (broad SMARTS) is 1. The molecule has 0 spiro atoms. The van der Waals surface area contributed by atoms with Crippen molar-refractivity contribution in [2.75, 3.05) is 19.7 Å². The number of rotatable bonds is 6. The average Bonchev–Trinajstić information content (AvgIpc) is 2.83. The lowest BCUT2D eigenvalue weighted by Gasteiger charge is -2.23. The molecule has 0 aliphatic carbocycles. The zero-order valence-corrected chi connectivity index (χ0v) is 12.6. The first-order valence-corrected chi connectivity index (χ1v) is 7.14. The minimum absolute atomic E-state index is 0.0844. The Kier molecular flexibility index (Phi) is 6.26. The highest BCUT2D eigenvalue weighted by Gasteiger charge is 2.25. The molecule has 0 aromatic rings. The minimum Gasteiger partial charge on any atom is -0.481 e. The van der Waals surface area contributed by atoms with Crippen molar-refractivity contribution >= 4 is 12.0 Å². The molecular formula is C14H26N2O4. The maximum Gasteiger partial charge on any atom is 0.314 e. The van der Waals surface area contributed by atoms with E-state index in [0.29, 0.717) is 13.0 Å². The number of carbonyl (C=O) groups is 2. The molecule has 116 valence electrons. The van der Waals surface area contributed by atoms with Gasteiger partial charge in [0.15, 0.2) is 0 Å². The van der Waals surface area contributed by atoms with Crippen LogP contribution in [-0.2, 0) is 9.53 Å². The first kappa shape index (κ1) is 16.8. The number of ether oxygens (including phenoxy) is 1. The second-order valence-electron chi connectivity index (χ2n) is 6.53. The molecule has 1 heterocycles. The highest BCUT2D eigenvalue weighted by Crippen LogP contribution is 2.24. The highest BCUT2D eigenvalue weighted by molar-refractivity contribution is 5.75. The summed E-state index contributed by atoms with van der Waals surface area (Å²) in [5.74, 6) is -1.44. The fourth-order valence-electron chi connectivity index (χ4n) is 2.28. The standard InChI is InChI=1S/C14H26N2O4/c1-14(2,3)7-10(12(17)18)8-15-13(19)16-9-11-5-4-6-20-11/h10-11H,4-9H2,1-3H3,(H,17,18)(H2,15,16,19). The maximum atomic E-state index is 11.6. The van der Waals surface area contributed by atoms with Crippen LogP contribution in [0.15, 0.2) is 0 Å². The smallest absolute Gasteiger partial charge is 0.314 e. The van der Waals surface area contributed by atoms with Gasteiger partial charge in [-0.25, -0.2) is 4.79 Å². The second kappa shape index (κ2) is 7.47. The van der Waals surface area contributed by atoms with Crippen molar-refractivity contribution in [1.29, 1.82) is 0 Å². The summed E-state index contributed by atoms with van der Waals surface area (Å²) < 4.78 is 5.40. The monoisotopic (exact) mass is 286 g/mol. The fourth-order valence-corrected chi connectivity index (χ4v) is 2.28. The molecule has 1 aliphatic rings. The molecule has 2 unspecified atom stereocenters. The van der Waals surface area contributed by atoms with Gasteiger partial charge in [-0.05, 0) is 24.7 Å². The molecule has 0 aromatic heterocycles. The third kappa shape index (κ3) is 6.75. The maximum absolute atomic E-state index is 11.6. The molecule has 0 bridgehead atoms. The quantitative estimate of drug-likeness (QED) is 0.692. The van der Waals surface area contributed by atoms with Crippen LogP contribution in [0.5, 0.6) is 0 Å². The van der Waals surface area contributed by atoms with Gasteiger partial charge in [0.2, 0.25) is 0 Å². The predicted octanol–water partition coefficient (Wildman–Crippen LogP) is 1.60. The Bertz CT molecular complexity index is 333. The summed E-state index contributed by atoms with van der Waals surface area (Å²) in [5.41, 5.74) is -0.0844. The van der Waals surface area contributed by atoms with Crippen molar-refractivity contribution in [3.8, 4) is 0 Å². The lowest BCUT2D eigenvalue weighted by molar-refractivity contribution is -0.142. The largest absolute Gasteiger partial charge is 0.481 e. The van der Waals surface area contributed by atoms with Crippen LogP contribution in [0, 0.1) is 11.3 Å². The average molecular weight is 286 g/mol. The van der Waals surface area contributed by atoms with Gasteiger partial charge in [-0.15, -0.1) is 0 Å². The van der Waals surface area contributed by atoms with E-state index in [4.69, 9.17) is 9.84 Å². The van der Waals surface area contributed by atoms with Crippen LogP contribution in [0.1, 0.15) is 40.0 Å². The van der Waals surface area contributed by atoms with E-state index in [1.54, 1.807) is 0 Å². The molecule has 6 heteroatoms. The minimum atomic E-state index is -0.876. The van der Waals surface area contributed by atoms with Gasteiger partial charge in [0.25, 0.3) is 0 Å². The van der Waals surface area contributed by atoms with Crippen LogP contribution in [0.25, 0.3) is 0 Å². The van der Waals surface area contributed by atoms with E-state index < -0.39 is 11.9 Å². The lowest BCUT2D eigenvalue weighted by atomic mass is 9.84. The molecule has 2 atom stereocenters. The molecule has 0 aromatic carbocycles. The van der Waals surface area contributed by atoms with Gasteiger partial charge in [-0.3, -0.25) is 4.79 Å². The molecule has 2 amide bonds. The predicted molar refractivity (Wildman–Crippen MR) is 75.6 cm³/mol. The summed E-state index contributed by atoms with van der Waals surface area (Å²) in [6.07, 6.45) is 2.60. The summed E-state index contributed by atoms with van der Waals surface area (Å²) in [6.45, 7) is 7.33. The molecule has 0 radical (unpaired) electrons. The fraction of sp³-hybridized carbons (Fsp3) is 0.857. The zero-order valence-electron chi connectivity index (χ0n) is 12.6. The van der Waals surface area contributed by atoms with E-state index in [9.17, 15) is 9.59 Å². The highest BCUT2D eigenvalue weighted by atomic mass is 16.5. The second-order valence-corrected chi connectivity index (χ2v) is 6.53. The van der Waals surface area contributed by atoms with Gasteiger partial charge in [0.1, 0.15) is 0 Å². The summed E-state index contributed by atoms with van der Waals surface area (Å²) in [6, 6.07) is -0.333. The molecular weight excluding hydrogens is 260 g/mol. The first-order valence-electron chi connectivity index (χ1n) is 7.14. The molecule has 1 fully saturated rings. The Labute approximate surface area is 120 Å². The summed E-state index contributed by atoms with van der Waals surface area (Å²) in [7, 11) is 0. The lowest BCUT2D eigenvalue weighted by Crippen LogP contribution is -2.43. The third-order valence-corrected chi connectivity index (χ3v) is 3.23. The van der Waals surface area contributed by atoms with Crippen LogP contribution in [-0.4, -0.2) is 42.9 Å². The number of carboxylic acids is 1.